The molecule has 0 aliphatic heterocycles. The molecule has 0 spiro atoms. The fourth-order valence-corrected chi connectivity index (χ4v) is 2.51. The van der Waals surface area contributed by atoms with Gasteiger partial charge in [-0.25, -0.2) is 0 Å². The average Bonchev–Trinajstić information content (AvgIpc) is 2.66. The lowest BCUT2D eigenvalue weighted by molar-refractivity contribution is 0.581. The minimum Gasteiger partial charge on any atom is -0.383 e. The maximum Gasteiger partial charge on any atom is 0.284 e. The zero-order chi connectivity index (χ0) is 11.8. The third-order valence-corrected chi connectivity index (χ3v) is 3.81. The molecule has 0 saturated carbocycles. The Balaban J connectivity index is 2.56. The quantitative estimate of drug-likeness (QED) is 0.845. The van der Waals surface area contributed by atoms with E-state index in [4.69, 9.17) is 5.73 Å². The van der Waals surface area contributed by atoms with Gasteiger partial charge in [-0.05, 0) is 19.1 Å². The summed E-state index contributed by atoms with van der Waals surface area (Å²) in [5.74, 6) is 0.0978. The second-order valence-electron chi connectivity index (χ2n) is 3.42. The number of hydrogen-bond donors (Lipinski definition) is 1. The van der Waals surface area contributed by atoms with Crippen LogP contribution in [0.15, 0.2) is 41.4 Å². The smallest absolute Gasteiger partial charge is 0.284 e. The number of rotatable bonds is 2. The molecule has 1 aromatic carbocycles. The van der Waals surface area contributed by atoms with Crippen LogP contribution >= 0.6 is 0 Å². The molecule has 2 aromatic rings. The third-order valence-electron chi connectivity index (χ3n) is 2.18. The highest BCUT2D eigenvalue weighted by Crippen LogP contribution is 2.16. The number of aromatic nitrogens is 2. The van der Waals surface area contributed by atoms with Gasteiger partial charge in [0.15, 0.2) is 0 Å². The molecule has 0 aliphatic rings. The number of nitrogens with two attached hydrogens (primary N) is 1. The van der Waals surface area contributed by atoms with Crippen molar-refractivity contribution < 1.29 is 8.42 Å². The van der Waals surface area contributed by atoms with Crippen LogP contribution < -0.4 is 5.73 Å². The van der Waals surface area contributed by atoms with Crippen molar-refractivity contribution in [2.75, 3.05) is 5.73 Å². The Kier molecular flexibility index (Phi) is 2.43. The molecule has 84 valence electrons. The van der Waals surface area contributed by atoms with Crippen molar-refractivity contribution in [3.63, 3.8) is 0 Å². The fourth-order valence-electron chi connectivity index (χ4n) is 1.31. The SMILES string of the molecule is Cc1ccc(S(=O)(=O)n2nccc2N)cc1. The summed E-state index contributed by atoms with van der Waals surface area (Å²) in [6, 6.07) is 7.96. The summed E-state index contributed by atoms with van der Waals surface area (Å²) in [5.41, 5.74) is 6.51. The maximum absolute atomic E-state index is 12.0. The Morgan fingerprint density at radius 2 is 1.81 bits per heavy atom. The van der Waals surface area contributed by atoms with Gasteiger partial charge in [-0.2, -0.15) is 13.5 Å². The normalized spacial score (nSPS) is 11.6. The van der Waals surface area contributed by atoms with E-state index in [-0.39, 0.29) is 10.7 Å². The van der Waals surface area contributed by atoms with Crippen molar-refractivity contribution in [1.29, 1.82) is 0 Å². The molecule has 0 atom stereocenters. The van der Waals surface area contributed by atoms with Crippen molar-refractivity contribution in [2.45, 2.75) is 11.8 Å². The molecular formula is C10H11N3O2S. The number of nitrogen functional groups attached to an aromatic ring is 1. The topological polar surface area (TPSA) is 78.0 Å². The molecule has 2 N–H and O–H groups in total. The molecule has 0 saturated heterocycles. The molecule has 0 aliphatic carbocycles. The Bertz CT molecular complexity index is 599. The average molecular weight is 237 g/mol. The summed E-state index contributed by atoms with van der Waals surface area (Å²) < 4.78 is 24.9. The third kappa shape index (κ3) is 1.67. The zero-order valence-corrected chi connectivity index (χ0v) is 9.48. The minimum atomic E-state index is -3.66. The van der Waals surface area contributed by atoms with Crippen LogP contribution in [0.4, 0.5) is 5.82 Å². The fraction of sp³-hybridized carbons (Fsp3) is 0.100. The molecule has 1 aromatic heterocycles. The van der Waals surface area contributed by atoms with Crippen LogP contribution in [0.1, 0.15) is 5.56 Å². The molecule has 6 heteroatoms. The highest BCUT2D eigenvalue weighted by molar-refractivity contribution is 7.90. The van der Waals surface area contributed by atoms with Crippen LogP contribution in [-0.4, -0.2) is 17.6 Å². The molecule has 0 radical (unpaired) electrons. The highest BCUT2D eigenvalue weighted by Gasteiger charge is 2.19. The predicted molar refractivity (Wildman–Crippen MR) is 60.4 cm³/mol. The van der Waals surface area contributed by atoms with Crippen LogP contribution in [0.5, 0.6) is 0 Å². The predicted octanol–water partition coefficient (Wildman–Crippen LogP) is 1.01. The molecule has 0 unspecified atom stereocenters. The van der Waals surface area contributed by atoms with Gasteiger partial charge in [-0.1, -0.05) is 17.7 Å². The molecule has 0 amide bonds. The molecule has 2 rings (SSSR count). The summed E-state index contributed by atoms with van der Waals surface area (Å²) in [6.45, 7) is 1.89. The van der Waals surface area contributed by atoms with Crippen molar-refractivity contribution in [3.8, 4) is 0 Å². The van der Waals surface area contributed by atoms with Gasteiger partial charge in [-0.15, -0.1) is 4.09 Å². The number of hydrogen-bond acceptors (Lipinski definition) is 4. The lowest BCUT2D eigenvalue weighted by atomic mass is 10.2. The van der Waals surface area contributed by atoms with Crippen LogP contribution in [-0.2, 0) is 10.0 Å². The van der Waals surface area contributed by atoms with Crippen molar-refractivity contribution >= 4 is 15.8 Å². The van der Waals surface area contributed by atoms with E-state index in [1.54, 1.807) is 12.1 Å². The van der Waals surface area contributed by atoms with Gasteiger partial charge in [0.1, 0.15) is 5.82 Å². The van der Waals surface area contributed by atoms with Gasteiger partial charge < -0.3 is 5.73 Å². The Labute approximate surface area is 93.6 Å². The second-order valence-corrected chi connectivity index (χ2v) is 5.18. The van der Waals surface area contributed by atoms with Gasteiger partial charge in [0.25, 0.3) is 10.0 Å². The van der Waals surface area contributed by atoms with Gasteiger partial charge in [-0.3, -0.25) is 0 Å². The molecular weight excluding hydrogens is 226 g/mol. The molecule has 5 nitrogen and oxygen atoms in total. The molecule has 1 heterocycles. The lowest BCUT2D eigenvalue weighted by Crippen LogP contribution is -2.16. The van der Waals surface area contributed by atoms with E-state index in [1.165, 1.54) is 24.4 Å². The summed E-state index contributed by atoms with van der Waals surface area (Å²) in [4.78, 5) is 0.175. The van der Waals surface area contributed by atoms with E-state index in [0.29, 0.717) is 0 Å². The van der Waals surface area contributed by atoms with E-state index in [0.717, 1.165) is 9.65 Å². The lowest BCUT2D eigenvalue weighted by Gasteiger charge is -2.06. The van der Waals surface area contributed by atoms with E-state index >= 15 is 0 Å². The molecule has 0 bridgehead atoms. The van der Waals surface area contributed by atoms with E-state index in [1.807, 2.05) is 6.92 Å². The second kappa shape index (κ2) is 3.64. The van der Waals surface area contributed by atoms with E-state index in [2.05, 4.69) is 5.10 Å². The number of nitrogens with zero attached hydrogens (tertiary/aromatic N) is 2. The number of benzene rings is 1. The van der Waals surface area contributed by atoms with E-state index in [9.17, 15) is 8.42 Å². The molecule has 0 fully saturated rings. The maximum atomic E-state index is 12.0. The van der Waals surface area contributed by atoms with E-state index < -0.39 is 10.0 Å². The summed E-state index contributed by atoms with van der Waals surface area (Å²) >= 11 is 0. The Morgan fingerprint density at radius 3 is 2.31 bits per heavy atom. The number of aryl methyl sites for hydroxylation is 1. The number of anilines is 1. The first-order chi connectivity index (χ1) is 7.51. The van der Waals surface area contributed by atoms with Crippen molar-refractivity contribution in [3.05, 3.63) is 42.1 Å². The van der Waals surface area contributed by atoms with Gasteiger partial charge >= 0.3 is 0 Å². The van der Waals surface area contributed by atoms with Gasteiger partial charge in [0.05, 0.1) is 11.1 Å². The van der Waals surface area contributed by atoms with Crippen LogP contribution in [0.25, 0.3) is 0 Å². The van der Waals surface area contributed by atoms with Gasteiger partial charge in [0, 0.05) is 6.07 Å². The van der Waals surface area contributed by atoms with Crippen LogP contribution in [0.2, 0.25) is 0 Å². The first-order valence-electron chi connectivity index (χ1n) is 4.63. The molecule has 16 heavy (non-hydrogen) atoms. The highest BCUT2D eigenvalue weighted by atomic mass is 32.2. The Morgan fingerprint density at radius 1 is 1.19 bits per heavy atom. The largest absolute Gasteiger partial charge is 0.383 e. The zero-order valence-electron chi connectivity index (χ0n) is 8.66. The first-order valence-corrected chi connectivity index (χ1v) is 6.07. The van der Waals surface area contributed by atoms with Gasteiger partial charge in [0.2, 0.25) is 0 Å². The van der Waals surface area contributed by atoms with Crippen molar-refractivity contribution in [1.82, 2.24) is 9.19 Å². The monoisotopic (exact) mass is 237 g/mol. The standard InChI is InChI=1S/C10H11N3O2S/c1-8-2-4-9(5-3-8)16(14,15)13-10(11)6-7-12-13/h2-7H,11H2,1H3. The summed E-state index contributed by atoms with van der Waals surface area (Å²) in [5, 5.41) is 3.69. The van der Waals surface area contributed by atoms with Crippen molar-refractivity contribution in [2.24, 2.45) is 0 Å². The minimum absolute atomic E-state index is 0.0978. The van der Waals surface area contributed by atoms with Crippen LogP contribution in [0, 0.1) is 6.92 Å². The Hall–Kier alpha value is -1.82. The first kappa shape index (κ1) is 10.7. The van der Waals surface area contributed by atoms with Crippen LogP contribution in [0.3, 0.4) is 0 Å². The summed E-state index contributed by atoms with van der Waals surface area (Å²) in [6.07, 6.45) is 1.35. The summed E-state index contributed by atoms with van der Waals surface area (Å²) in [7, 11) is -3.66.